The number of aromatic nitrogens is 5. The van der Waals surface area contributed by atoms with Crippen LogP contribution >= 0.6 is 11.6 Å². The molecule has 6 nitrogen and oxygen atoms in total. The normalized spacial score (nSPS) is 11.3. The molecule has 0 aliphatic rings. The summed E-state index contributed by atoms with van der Waals surface area (Å²) in [5.74, 6) is 0.677. The summed E-state index contributed by atoms with van der Waals surface area (Å²) in [5, 5.41) is 12.3. The topological polar surface area (TPSA) is 69.1 Å². The number of halogens is 2. The molecule has 0 spiro atoms. The van der Waals surface area contributed by atoms with Crippen LogP contribution in [0.2, 0.25) is 5.02 Å². The van der Waals surface area contributed by atoms with Crippen molar-refractivity contribution in [3.63, 3.8) is 0 Å². The first-order chi connectivity index (χ1) is 11.1. The second-order valence-corrected chi connectivity index (χ2v) is 5.38. The second kappa shape index (κ2) is 5.13. The maximum atomic E-state index is 13.9. The lowest BCUT2D eigenvalue weighted by atomic mass is 10.2. The number of hydrogen-bond acceptors (Lipinski definition) is 5. The van der Waals surface area contributed by atoms with Gasteiger partial charge in [-0.05, 0) is 37.3 Å². The fraction of sp³-hybridized carbons (Fsp3) is 0.0667. The summed E-state index contributed by atoms with van der Waals surface area (Å²) in [6.07, 6.45) is 1.80. The van der Waals surface area contributed by atoms with Crippen molar-refractivity contribution in [3.05, 3.63) is 53.2 Å². The van der Waals surface area contributed by atoms with Gasteiger partial charge >= 0.3 is 0 Å². The Kier molecular flexibility index (Phi) is 3.09. The summed E-state index contributed by atoms with van der Waals surface area (Å²) in [4.78, 5) is 4.24. The largest absolute Gasteiger partial charge is 0.334 e. The Morgan fingerprint density at radius 3 is 2.91 bits per heavy atom. The molecule has 3 heterocycles. The van der Waals surface area contributed by atoms with Gasteiger partial charge in [-0.15, -0.1) is 10.2 Å². The third-order valence-electron chi connectivity index (χ3n) is 3.42. The van der Waals surface area contributed by atoms with Gasteiger partial charge < -0.3 is 4.52 Å². The fourth-order valence-electron chi connectivity index (χ4n) is 2.25. The second-order valence-electron chi connectivity index (χ2n) is 4.94. The van der Waals surface area contributed by atoms with E-state index in [1.54, 1.807) is 18.3 Å². The number of nitrogens with zero attached hydrogens (tertiary/aromatic N) is 5. The highest BCUT2D eigenvalue weighted by atomic mass is 35.5. The van der Waals surface area contributed by atoms with Gasteiger partial charge in [-0.25, -0.2) is 4.39 Å². The molecule has 3 aromatic heterocycles. The van der Waals surface area contributed by atoms with E-state index >= 15 is 0 Å². The van der Waals surface area contributed by atoms with Gasteiger partial charge in [0.05, 0.1) is 5.56 Å². The molecule has 4 rings (SSSR count). The molecular formula is C15H9ClFN5O. The third-order valence-corrected chi connectivity index (χ3v) is 3.65. The summed E-state index contributed by atoms with van der Waals surface area (Å²) < 4.78 is 20.9. The highest BCUT2D eigenvalue weighted by Crippen LogP contribution is 2.27. The van der Waals surface area contributed by atoms with Crippen LogP contribution in [0.1, 0.15) is 5.82 Å². The average molecular weight is 330 g/mol. The number of rotatable bonds is 2. The van der Waals surface area contributed by atoms with Crippen molar-refractivity contribution in [3.8, 4) is 22.8 Å². The van der Waals surface area contributed by atoms with E-state index in [9.17, 15) is 4.39 Å². The van der Waals surface area contributed by atoms with Crippen molar-refractivity contribution < 1.29 is 8.91 Å². The zero-order chi connectivity index (χ0) is 16.0. The molecule has 0 N–H and O–H groups in total. The van der Waals surface area contributed by atoms with Gasteiger partial charge in [0.2, 0.25) is 5.82 Å². The van der Waals surface area contributed by atoms with Gasteiger partial charge in [0.1, 0.15) is 11.6 Å². The molecule has 0 aliphatic carbocycles. The smallest absolute Gasteiger partial charge is 0.261 e. The lowest BCUT2D eigenvalue weighted by molar-refractivity contribution is 0.429. The molecule has 8 heteroatoms. The van der Waals surface area contributed by atoms with Gasteiger partial charge in [-0.1, -0.05) is 16.8 Å². The molecule has 0 radical (unpaired) electrons. The third kappa shape index (κ3) is 2.35. The Labute approximate surface area is 134 Å². The average Bonchev–Trinajstić information content (AvgIpc) is 3.17. The summed E-state index contributed by atoms with van der Waals surface area (Å²) >= 11 is 5.89. The van der Waals surface area contributed by atoms with Crippen molar-refractivity contribution >= 4 is 17.2 Å². The summed E-state index contributed by atoms with van der Waals surface area (Å²) in [6, 6.07) is 7.76. The maximum Gasteiger partial charge on any atom is 0.261 e. The highest BCUT2D eigenvalue weighted by molar-refractivity contribution is 6.30. The summed E-state index contributed by atoms with van der Waals surface area (Å²) in [5.41, 5.74) is 1.59. The molecule has 0 aliphatic heterocycles. The first-order valence-corrected chi connectivity index (χ1v) is 7.10. The molecule has 23 heavy (non-hydrogen) atoms. The first kappa shape index (κ1) is 13.8. The molecule has 0 atom stereocenters. The van der Waals surface area contributed by atoms with Crippen LogP contribution in [0.4, 0.5) is 4.39 Å². The predicted octanol–water partition coefficient (Wildman–Crippen LogP) is 3.55. The van der Waals surface area contributed by atoms with E-state index in [2.05, 4.69) is 20.3 Å². The Morgan fingerprint density at radius 1 is 1.17 bits per heavy atom. The predicted molar refractivity (Wildman–Crippen MR) is 81.4 cm³/mol. The standard InChI is InChI=1S/C15H9ClFN5O/c1-8-19-20-13-5-2-9(7-22(8)13)14-18-15(23-21-14)11-6-10(16)3-4-12(11)17/h2-7H,1H3. The lowest BCUT2D eigenvalue weighted by Crippen LogP contribution is -1.90. The minimum absolute atomic E-state index is 0.0700. The zero-order valence-electron chi connectivity index (χ0n) is 11.9. The minimum Gasteiger partial charge on any atom is -0.334 e. The van der Waals surface area contributed by atoms with Crippen molar-refractivity contribution in [1.29, 1.82) is 0 Å². The van der Waals surface area contributed by atoms with E-state index in [0.717, 1.165) is 11.5 Å². The van der Waals surface area contributed by atoms with Crippen molar-refractivity contribution in [2.24, 2.45) is 0 Å². The van der Waals surface area contributed by atoms with E-state index < -0.39 is 5.82 Å². The number of benzene rings is 1. The number of pyridine rings is 1. The van der Waals surface area contributed by atoms with E-state index in [4.69, 9.17) is 16.1 Å². The van der Waals surface area contributed by atoms with E-state index in [0.29, 0.717) is 16.4 Å². The van der Waals surface area contributed by atoms with Crippen LogP contribution in [0.5, 0.6) is 0 Å². The first-order valence-electron chi connectivity index (χ1n) is 6.73. The maximum absolute atomic E-state index is 13.9. The van der Waals surface area contributed by atoms with Gasteiger partial charge in [0, 0.05) is 16.8 Å². The zero-order valence-corrected chi connectivity index (χ0v) is 12.6. The van der Waals surface area contributed by atoms with Crippen LogP contribution in [0.15, 0.2) is 41.1 Å². The van der Waals surface area contributed by atoms with Crippen molar-refractivity contribution in [1.82, 2.24) is 24.7 Å². The van der Waals surface area contributed by atoms with E-state index in [1.807, 2.05) is 11.3 Å². The minimum atomic E-state index is -0.477. The Balaban J connectivity index is 1.79. The van der Waals surface area contributed by atoms with Gasteiger partial charge in [0.15, 0.2) is 5.65 Å². The molecule has 0 fully saturated rings. The molecule has 4 aromatic rings. The molecule has 0 saturated heterocycles. The van der Waals surface area contributed by atoms with Crippen LogP contribution in [0.25, 0.3) is 28.5 Å². The number of hydrogen-bond donors (Lipinski definition) is 0. The van der Waals surface area contributed by atoms with Crippen LogP contribution in [0, 0.1) is 12.7 Å². The molecule has 0 saturated carbocycles. The van der Waals surface area contributed by atoms with Crippen molar-refractivity contribution in [2.75, 3.05) is 0 Å². The molecule has 0 amide bonds. The monoisotopic (exact) mass is 329 g/mol. The fourth-order valence-corrected chi connectivity index (χ4v) is 2.42. The van der Waals surface area contributed by atoms with Crippen molar-refractivity contribution in [2.45, 2.75) is 6.92 Å². The van der Waals surface area contributed by atoms with Gasteiger partial charge in [-0.2, -0.15) is 4.98 Å². The molecule has 0 unspecified atom stereocenters. The summed E-state index contributed by atoms with van der Waals surface area (Å²) in [7, 11) is 0. The molecule has 114 valence electrons. The van der Waals surface area contributed by atoms with E-state index in [-0.39, 0.29) is 11.5 Å². The van der Waals surface area contributed by atoms with Crippen LogP contribution in [0.3, 0.4) is 0 Å². The summed E-state index contributed by atoms with van der Waals surface area (Å²) in [6.45, 7) is 1.84. The molecular weight excluding hydrogens is 321 g/mol. The Bertz CT molecular complexity index is 1030. The van der Waals surface area contributed by atoms with Crippen LogP contribution in [-0.2, 0) is 0 Å². The quantitative estimate of drug-likeness (QED) is 0.562. The Morgan fingerprint density at radius 2 is 2.04 bits per heavy atom. The van der Waals surface area contributed by atoms with Crippen LogP contribution < -0.4 is 0 Å². The van der Waals surface area contributed by atoms with Crippen LogP contribution in [-0.4, -0.2) is 24.7 Å². The highest BCUT2D eigenvalue weighted by Gasteiger charge is 2.15. The lowest BCUT2D eigenvalue weighted by Gasteiger charge is -1.98. The Hall–Kier alpha value is -2.80. The number of fused-ring (bicyclic) bond motifs is 1. The van der Waals surface area contributed by atoms with Gasteiger partial charge in [0.25, 0.3) is 5.89 Å². The number of aryl methyl sites for hydroxylation is 1. The molecule has 1 aromatic carbocycles. The molecule has 0 bridgehead atoms. The SMILES string of the molecule is Cc1nnc2ccc(-c3noc(-c4cc(Cl)ccc4F)n3)cn12. The van der Waals surface area contributed by atoms with Gasteiger partial charge in [-0.3, -0.25) is 4.40 Å². The van der Waals surface area contributed by atoms with E-state index in [1.165, 1.54) is 18.2 Å².